The number of rotatable bonds is 2. The average molecular weight is 405 g/mol. The standard InChI is InChI=1S/C21H24O4S2/c1-2-24-18(22)21-15-8-5-7-14(15)20(26-10-11-27-20)12-16(21)13-6-3-4-9-17(13)25-19(21)23/h3-4,6,9,14-16H,2,5,7-8,10-12H2,1H3. The first-order valence-electron chi connectivity index (χ1n) is 9.90. The third-order valence-electron chi connectivity index (χ3n) is 6.93. The number of hydrogen-bond donors (Lipinski definition) is 0. The van der Waals surface area contributed by atoms with Crippen molar-refractivity contribution in [3.63, 3.8) is 0 Å². The summed E-state index contributed by atoms with van der Waals surface area (Å²) in [6, 6.07) is 7.76. The molecule has 4 nitrogen and oxygen atoms in total. The Bertz CT molecular complexity index is 788. The predicted octanol–water partition coefficient (Wildman–Crippen LogP) is 4.24. The molecule has 0 bridgehead atoms. The molecule has 1 saturated heterocycles. The first-order valence-corrected chi connectivity index (χ1v) is 11.9. The van der Waals surface area contributed by atoms with Crippen LogP contribution in [-0.2, 0) is 14.3 Å². The highest BCUT2D eigenvalue weighted by molar-refractivity contribution is 8.21. The van der Waals surface area contributed by atoms with Crippen LogP contribution in [0.5, 0.6) is 5.75 Å². The van der Waals surface area contributed by atoms with Gasteiger partial charge in [-0.1, -0.05) is 24.6 Å². The van der Waals surface area contributed by atoms with Gasteiger partial charge in [0.05, 0.1) is 10.7 Å². The van der Waals surface area contributed by atoms with Gasteiger partial charge in [0.1, 0.15) is 5.75 Å². The lowest BCUT2D eigenvalue weighted by molar-refractivity contribution is -0.181. The molecule has 4 aliphatic rings. The molecule has 5 rings (SSSR count). The van der Waals surface area contributed by atoms with E-state index in [4.69, 9.17) is 9.47 Å². The van der Waals surface area contributed by atoms with Gasteiger partial charge in [-0.05, 0) is 49.7 Å². The van der Waals surface area contributed by atoms with Gasteiger partial charge >= 0.3 is 11.9 Å². The summed E-state index contributed by atoms with van der Waals surface area (Å²) in [5.41, 5.74) is -0.177. The zero-order chi connectivity index (χ0) is 18.6. The van der Waals surface area contributed by atoms with Crippen LogP contribution in [0.3, 0.4) is 0 Å². The van der Waals surface area contributed by atoms with E-state index in [0.717, 1.165) is 42.8 Å². The van der Waals surface area contributed by atoms with Gasteiger partial charge in [0.15, 0.2) is 5.41 Å². The molecule has 0 aromatic heterocycles. The second-order valence-electron chi connectivity index (χ2n) is 7.93. The summed E-state index contributed by atoms with van der Waals surface area (Å²) in [6.07, 6.45) is 3.91. The maximum atomic E-state index is 13.4. The molecule has 144 valence electrons. The average Bonchev–Trinajstić information content (AvgIpc) is 3.33. The van der Waals surface area contributed by atoms with Crippen LogP contribution < -0.4 is 4.74 Å². The second-order valence-corrected chi connectivity index (χ2v) is 11.0. The molecule has 0 N–H and O–H groups in total. The first-order chi connectivity index (χ1) is 13.1. The van der Waals surface area contributed by atoms with Crippen molar-refractivity contribution in [3.05, 3.63) is 29.8 Å². The van der Waals surface area contributed by atoms with Crippen LogP contribution >= 0.6 is 23.5 Å². The van der Waals surface area contributed by atoms with Gasteiger partial charge in [-0.2, -0.15) is 0 Å². The fourth-order valence-corrected chi connectivity index (χ4v) is 9.76. The van der Waals surface area contributed by atoms with E-state index in [9.17, 15) is 9.59 Å². The minimum absolute atomic E-state index is 0.00857. The molecule has 6 heteroatoms. The smallest absolute Gasteiger partial charge is 0.329 e. The van der Waals surface area contributed by atoms with Crippen LogP contribution in [0.15, 0.2) is 24.3 Å². The lowest BCUT2D eigenvalue weighted by Crippen LogP contribution is -2.62. The minimum Gasteiger partial charge on any atom is -0.465 e. The fraction of sp³-hybridized carbons (Fsp3) is 0.619. The third kappa shape index (κ3) is 2.32. The van der Waals surface area contributed by atoms with Crippen LogP contribution in [0.25, 0.3) is 0 Å². The summed E-state index contributed by atoms with van der Waals surface area (Å²) in [7, 11) is 0. The number of carbonyl (C=O) groups is 2. The van der Waals surface area contributed by atoms with E-state index >= 15 is 0 Å². The Kier molecular flexibility index (Phi) is 4.28. The van der Waals surface area contributed by atoms with Crippen molar-refractivity contribution in [1.29, 1.82) is 0 Å². The number of thioether (sulfide) groups is 2. The number of para-hydroxylation sites is 1. The van der Waals surface area contributed by atoms with Crippen LogP contribution in [0.4, 0.5) is 0 Å². The van der Waals surface area contributed by atoms with Crippen molar-refractivity contribution < 1.29 is 19.1 Å². The molecule has 2 saturated carbocycles. The molecule has 3 fully saturated rings. The molecule has 0 radical (unpaired) electrons. The molecule has 4 unspecified atom stereocenters. The van der Waals surface area contributed by atoms with E-state index in [-0.39, 0.29) is 34.5 Å². The van der Waals surface area contributed by atoms with Crippen LogP contribution in [-0.4, -0.2) is 34.1 Å². The minimum atomic E-state index is -1.18. The third-order valence-corrected chi connectivity index (χ3v) is 10.6. The number of esters is 2. The lowest BCUT2D eigenvalue weighted by atomic mass is 9.54. The number of benzene rings is 1. The Morgan fingerprint density at radius 2 is 1.96 bits per heavy atom. The molecule has 2 heterocycles. The van der Waals surface area contributed by atoms with E-state index in [1.807, 2.05) is 31.2 Å². The molecule has 4 atom stereocenters. The van der Waals surface area contributed by atoms with Crippen molar-refractivity contribution in [2.75, 3.05) is 18.1 Å². The summed E-state index contributed by atoms with van der Waals surface area (Å²) in [4.78, 5) is 26.8. The van der Waals surface area contributed by atoms with Crippen molar-refractivity contribution in [2.24, 2.45) is 17.3 Å². The SMILES string of the molecule is CCOC(=O)C12C(=O)Oc3ccccc3C1CC1(SCCS1)C1CCCC12. The highest BCUT2D eigenvalue weighted by Gasteiger charge is 2.72. The highest BCUT2D eigenvalue weighted by atomic mass is 32.2. The molecule has 0 amide bonds. The van der Waals surface area contributed by atoms with E-state index in [1.165, 1.54) is 0 Å². The number of ether oxygens (including phenoxy) is 2. The van der Waals surface area contributed by atoms with Crippen LogP contribution in [0.2, 0.25) is 0 Å². The first kappa shape index (κ1) is 17.9. The summed E-state index contributed by atoms with van der Waals surface area (Å²) in [5.74, 6) is 2.39. The van der Waals surface area contributed by atoms with Crippen molar-refractivity contribution >= 4 is 35.5 Å². The van der Waals surface area contributed by atoms with Gasteiger partial charge in [-0.15, -0.1) is 23.5 Å². The van der Waals surface area contributed by atoms with Crippen LogP contribution in [0.1, 0.15) is 44.1 Å². The Balaban J connectivity index is 1.72. The number of fused-ring (bicyclic) bond motifs is 6. The van der Waals surface area contributed by atoms with Gasteiger partial charge in [0.25, 0.3) is 0 Å². The summed E-state index contributed by atoms with van der Waals surface area (Å²) >= 11 is 4.11. The predicted molar refractivity (Wildman–Crippen MR) is 107 cm³/mol. The zero-order valence-electron chi connectivity index (χ0n) is 15.4. The monoisotopic (exact) mass is 404 g/mol. The van der Waals surface area contributed by atoms with Crippen molar-refractivity contribution in [2.45, 2.75) is 42.6 Å². The molecule has 1 aromatic rings. The maximum absolute atomic E-state index is 13.4. The van der Waals surface area contributed by atoms with Crippen molar-refractivity contribution in [1.82, 2.24) is 0 Å². The Hall–Kier alpha value is -1.14. The molecular weight excluding hydrogens is 380 g/mol. The maximum Gasteiger partial charge on any atom is 0.329 e. The lowest BCUT2D eigenvalue weighted by Gasteiger charge is -2.55. The quantitative estimate of drug-likeness (QED) is 0.418. The topological polar surface area (TPSA) is 52.6 Å². The Labute approximate surface area is 168 Å². The molecule has 1 aromatic carbocycles. The van der Waals surface area contributed by atoms with E-state index < -0.39 is 5.41 Å². The van der Waals surface area contributed by atoms with E-state index in [0.29, 0.717) is 11.7 Å². The Morgan fingerprint density at radius 1 is 1.22 bits per heavy atom. The van der Waals surface area contributed by atoms with Gasteiger partial charge in [0.2, 0.25) is 0 Å². The van der Waals surface area contributed by atoms with E-state index in [2.05, 4.69) is 23.5 Å². The number of hydrogen-bond acceptors (Lipinski definition) is 6. The second kappa shape index (κ2) is 6.45. The molecular formula is C21H24O4S2. The van der Waals surface area contributed by atoms with Gasteiger partial charge in [-0.25, -0.2) is 0 Å². The fourth-order valence-electron chi connectivity index (χ4n) is 6.01. The van der Waals surface area contributed by atoms with Crippen LogP contribution in [0, 0.1) is 17.3 Å². The highest BCUT2D eigenvalue weighted by Crippen LogP contribution is 2.71. The normalized spacial score (nSPS) is 35.9. The van der Waals surface area contributed by atoms with Crippen molar-refractivity contribution in [3.8, 4) is 5.75 Å². The zero-order valence-corrected chi connectivity index (χ0v) is 17.1. The number of carbonyl (C=O) groups excluding carboxylic acids is 2. The molecule has 27 heavy (non-hydrogen) atoms. The van der Waals surface area contributed by atoms with Gasteiger partial charge in [-0.3, -0.25) is 9.59 Å². The molecule has 2 aliphatic heterocycles. The van der Waals surface area contributed by atoms with Gasteiger partial charge in [0, 0.05) is 17.4 Å². The summed E-state index contributed by atoms with van der Waals surface area (Å²) in [6.45, 7) is 2.10. The molecule has 2 aliphatic carbocycles. The Morgan fingerprint density at radius 3 is 2.74 bits per heavy atom. The summed E-state index contributed by atoms with van der Waals surface area (Å²) in [5, 5.41) is 0. The summed E-state index contributed by atoms with van der Waals surface area (Å²) < 4.78 is 11.4. The van der Waals surface area contributed by atoms with E-state index in [1.54, 1.807) is 0 Å². The largest absolute Gasteiger partial charge is 0.465 e. The van der Waals surface area contributed by atoms with Gasteiger partial charge < -0.3 is 9.47 Å². The molecule has 1 spiro atoms.